The standard InChI is InChI=1S/C68H123N11O15/c1-37(2)31-48-63(87)76(21)51(34-40(7)8)59(83)69-45(16)68(92)94-58(43(13)14)67(91)77(22)52(35-41(9)10)61(85)71-49(32-38(3)4)64(88)78(23)55(42(11)12)66(90)79(24)56(57(82)44(15)25-28-73(18)47-26-29-93-30-27-47)62(86)72-54(46(17)80)65(89)74(19)36-53(81)75(20)50(33-39(5)6)60(84)70-48/h37-52,54-58,80,82H,25-36H2,1-24H3,(H,69,83)(H,70,84)(H,71,85)(H,72,86)/t44-,45+,46-,48+,49+,50+,51+,52-,54+,55+,56+,57-,58-/m1/s1. The molecule has 0 spiro atoms. The van der Waals surface area contributed by atoms with Gasteiger partial charge in [-0.3, -0.25) is 47.9 Å². The molecule has 0 bridgehead atoms. The van der Waals surface area contributed by atoms with Crippen molar-refractivity contribution in [1.29, 1.82) is 0 Å². The lowest BCUT2D eigenvalue weighted by molar-refractivity contribution is -0.166. The van der Waals surface area contributed by atoms with Crippen molar-refractivity contribution in [3.8, 4) is 0 Å². The first-order valence-corrected chi connectivity index (χ1v) is 34.1. The Bertz CT molecular complexity index is 2520. The summed E-state index contributed by atoms with van der Waals surface area (Å²) in [5.41, 5.74) is 0. The number of carbonyl (C=O) groups is 11. The van der Waals surface area contributed by atoms with Gasteiger partial charge in [-0.05, 0) is 126 Å². The monoisotopic (exact) mass is 1330 g/mol. The Morgan fingerprint density at radius 2 is 0.904 bits per heavy atom. The number of aliphatic hydroxyl groups excluding tert-OH is 2. The number of nitrogens with zero attached hydrogens (tertiary/aromatic N) is 7. The lowest BCUT2D eigenvalue weighted by Gasteiger charge is -2.40. The van der Waals surface area contributed by atoms with Gasteiger partial charge in [-0.25, -0.2) is 4.79 Å². The third kappa shape index (κ3) is 24.6. The van der Waals surface area contributed by atoms with Crippen LogP contribution in [0.25, 0.3) is 0 Å². The zero-order valence-electron chi connectivity index (χ0n) is 61.4. The molecule has 2 fully saturated rings. The molecule has 2 aliphatic rings. The lowest BCUT2D eigenvalue weighted by Crippen LogP contribution is -2.64. The van der Waals surface area contributed by atoms with Gasteiger partial charge in [0, 0.05) is 61.5 Å². The highest BCUT2D eigenvalue weighted by Gasteiger charge is 2.46. The number of esters is 1. The van der Waals surface area contributed by atoms with Gasteiger partial charge < -0.3 is 75.3 Å². The fraction of sp³-hybridized carbons (Fsp3) is 0.838. The highest BCUT2D eigenvalue weighted by molar-refractivity contribution is 5.99. The lowest BCUT2D eigenvalue weighted by atomic mass is 9.91. The van der Waals surface area contributed by atoms with E-state index in [1.165, 1.54) is 70.8 Å². The maximum Gasteiger partial charge on any atom is 0.329 e. The van der Waals surface area contributed by atoms with Crippen LogP contribution in [0, 0.1) is 47.3 Å². The first-order chi connectivity index (χ1) is 43.5. The van der Waals surface area contributed by atoms with Gasteiger partial charge in [0.15, 0.2) is 6.10 Å². The number of hydrogen-bond donors (Lipinski definition) is 6. The number of ether oxygens (including phenoxy) is 2. The molecule has 0 aromatic rings. The Labute approximate surface area is 561 Å². The summed E-state index contributed by atoms with van der Waals surface area (Å²) in [5, 5.41) is 34.9. The molecule has 2 heterocycles. The minimum atomic E-state index is -1.76. The molecule has 540 valence electrons. The van der Waals surface area contributed by atoms with Crippen molar-refractivity contribution in [3.63, 3.8) is 0 Å². The van der Waals surface area contributed by atoms with Crippen molar-refractivity contribution in [2.45, 2.75) is 248 Å². The van der Waals surface area contributed by atoms with Gasteiger partial charge in [0.1, 0.15) is 54.4 Å². The average Bonchev–Trinajstić information content (AvgIpc) is 0.832. The Kier molecular flexibility index (Phi) is 34.6. The molecule has 2 saturated heterocycles. The average molecular weight is 1330 g/mol. The molecule has 13 atom stereocenters. The van der Waals surface area contributed by atoms with Crippen LogP contribution < -0.4 is 21.3 Å². The predicted molar refractivity (Wildman–Crippen MR) is 359 cm³/mol. The van der Waals surface area contributed by atoms with Crippen LogP contribution in [0.1, 0.15) is 169 Å². The van der Waals surface area contributed by atoms with Crippen molar-refractivity contribution in [2.24, 2.45) is 47.3 Å². The largest absolute Gasteiger partial charge is 0.450 e. The molecule has 0 aliphatic carbocycles. The second-order valence-corrected chi connectivity index (χ2v) is 29.6. The van der Waals surface area contributed by atoms with E-state index in [0.29, 0.717) is 26.2 Å². The van der Waals surface area contributed by atoms with Crippen LogP contribution in [-0.2, 0) is 62.2 Å². The highest BCUT2D eigenvalue weighted by atomic mass is 16.6. The van der Waals surface area contributed by atoms with Crippen LogP contribution in [-0.4, -0.2) is 264 Å². The summed E-state index contributed by atoms with van der Waals surface area (Å²) in [6.07, 6.45) is -2.23. The summed E-state index contributed by atoms with van der Waals surface area (Å²) in [6.45, 7) is 30.5. The molecule has 0 aromatic carbocycles. The fourth-order valence-electron chi connectivity index (χ4n) is 12.2. The van der Waals surface area contributed by atoms with Crippen LogP contribution in [0.2, 0.25) is 0 Å². The van der Waals surface area contributed by atoms with E-state index in [1.807, 2.05) is 76.3 Å². The van der Waals surface area contributed by atoms with Crippen molar-refractivity contribution in [3.05, 3.63) is 0 Å². The normalized spacial score (nSPS) is 26.9. The minimum absolute atomic E-state index is 0.0778. The number of rotatable bonds is 19. The van der Waals surface area contributed by atoms with Crippen molar-refractivity contribution in [1.82, 2.24) is 55.6 Å². The zero-order valence-corrected chi connectivity index (χ0v) is 61.4. The van der Waals surface area contributed by atoms with Gasteiger partial charge in [0.2, 0.25) is 53.2 Å². The van der Waals surface area contributed by atoms with E-state index < -0.39 is 162 Å². The van der Waals surface area contributed by atoms with Crippen LogP contribution in [0.3, 0.4) is 0 Å². The number of aliphatic hydroxyl groups is 2. The van der Waals surface area contributed by atoms with Gasteiger partial charge in [0.05, 0.1) is 18.8 Å². The number of carbonyl (C=O) groups excluding carboxylic acids is 11. The summed E-state index contributed by atoms with van der Waals surface area (Å²) in [5.74, 6) is -11.6. The van der Waals surface area contributed by atoms with Gasteiger partial charge in [-0.2, -0.15) is 0 Å². The smallest absolute Gasteiger partial charge is 0.329 e. The molecule has 26 heteroatoms. The molecule has 0 radical (unpaired) electrons. The molecule has 0 unspecified atom stereocenters. The van der Waals surface area contributed by atoms with Gasteiger partial charge in [-0.15, -0.1) is 0 Å². The van der Waals surface area contributed by atoms with E-state index in [1.54, 1.807) is 34.6 Å². The number of amides is 10. The molecule has 2 aliphatic heterocycles. The molecule has 2 rings (SSSR count). The SMILES string of the molecule is CC(C)C[C@@H]1NC(=O)[C@@H](CC(C)C)N(C)C(=O)[C@@H](C(C)C)OC(=O)[C@H](C)NC(=O)[C@H](CC(C)C)N(C)C(=O)[C@H](CC(C)C)NC(=O)[C@H](CC(C)C)N(C)C(=O)CN(C)C(=O)[C@H]([C@@H](C)O)NC(=O)[C@H]([C@H](O)[C@H](C)CCN(C)C2CCOCC2)N(C)C(=O)[C@H](C(C)C)N(C)C1=O. The predicted octanol–water partition coefficient (Wildman–Crippen LogP) is 2.89. The van der Waals surface area contributed by atoms with E-state index in [9.17, 15) is 48.6 Å². The summed E-state index contributed by atoms with van der Waals surface area (Å²) in [4.78, 5) is 171. The summed E-state index contributed by atoms with van der Waals surface area (Å²) < 4.78 is 11.5. The van der Waals surface area contributed by atoms with Crippen LogP contribution in [0.4, 0.5) is 0 Å². The third-order valence-electron chi connectivity index (χ3n) is 18.1. The molecule has 6 N–H and O–H groups in total. The Morgan fingerprint density at radius 3 is 1.33 bits per heavy atom. The summed E-state index contributed by atoms with van der Waals surface area (Å²) in [6, 6.07) is -12.1. The molecule has 0 aromatic heterocycles. The van der Waals surface area contributed by atoms with Crippen LogP contribution in [0.15, 0.2) is 0 Å². The van der Waals surface area contributed by atoms with Gasteiger partial charge in [-0.1, -0.05) is 104 Å². The molecule has 0 saturated carbocycles. The summed E-state index contributed by atoms with van der Waals surface area (Å²) >= 11 is 0. The Morgan fingerprint density at radius 1 is 0.489 bits per heavy atom. The van der Waals surface area contributed by atoms with Crippen molar-refractivity contribution >= 4 is 65.0 Å². The van der Waals surface area contributed by atoms with E-state index in [4.69, 9.17) is 9.47 Å². The minimum Gasteiger partial charge on any atom is -0.450 e. The van der Waals surface area contributed by atoms with E-state index in [-0.39, 0.29) is 67.7 Å². The molecule has 10 amide bonds. The quantitative estimate of drug-likeness (QED) is 0.101. The number of hydrogen-bond acceptors (Lipinski definition) is 16. The fourth-order valence-corrected chi connectivity index (χ4v) is 12.2. The third-order valence-corrected chi connectivity index (χ3v) is 18.1. The topological polar surface area (TPSA) is 317 Å². The van der Waals surface area contributed by atoms with E-state index in [0.717, 1.165) is 27.5 Å². The Hall–Kier alpha value is -5.99. The number of likely N-dealkylation sites (N-methyl/N-ethyl adjacent to an activating group) is 6. The first kappa shape index (κ1) is 84.1. The maximum atomic E-state index is 15.4. The van der Waals surface area contributed by atoms with Gasteiger partial charge >= 0.3 is 5.97 Å². The second-order valence-electron chi connectivity index (χ2n) is 29.6. The van der Waals surface area contributed by atoms with Crippen LogP contribution >= 0.6 is 0 Å². The second kappa shape index (κ2) is 38.7. The zero-order chi connectivity index (χ0) is 72.2. The molecule has 94 heavy (non-hydrogen) atoms. The molecular weight excluding hydrogens is 1210 g/mol. The number of cyclic esters (lactones) is 1. The van der Waals surface area contributed by atoms with Crippen molar-refractivity contribution < 1.29 is 72.4 Å². The van der Waals surface area contributed by atoms with Crippen molar-refractivity contribution in [2.75, 3.05) is 75.6 Å². The number of nitrogens with one attached hydrogen (secondary N) is 4. The Balaban J connectivity index is 3.03. The molecule has 26 nitrogen and oxygen atoms in total. The molecular formula is C68H123N11O15. The highest BCUT2D eigenvalue weighted by Crippen LogP contribution is 2.26. The van der Waals surface area contributed by atoms with Gasteiger partial charge in [0.25, 0.3) is 5.91 Å². The summed E-state index contributed by atoms with van der Waals surface area (Å²) in [7, 11) is 10.2. The van der Waals surface area contributed by atoms with E-state index >= 15 is 14.4 Å². The van der Waals surface area contributed by atoms with Crippen LogP contribution in [0.5, 0.6) is 0 Å². The van der Waals surface area contributed by atoms with E-state index in [2.05, 4.69) is 26.2 Å². The maximum absolute atomic E-state index is 15.4. The first-order valence-electron chi connectivity index (χ1n) is 34.1.